The zero-order valence-electron chi connectivity index (χ0n) is 34.0. The van der Waals surface area contributed by atoms with Gasteiger partial charge in [-0.3, -0.25) is 24.2 Å². The number of benzene rings is 4. The normalized spacial score (nSPS) is 21.7. The molecule has 0 saturated carbocycles. The van der Waals surface area contributed by atoms with Crippen LogP contribution in [-0.4, -0.2) is 101 Å². The van der Waals surface area contributed by atoms with Gasteiger partial charge in [0.15, 0.2) is 17.5 Å². The Morgan fingerprint density at radius 1 is 0.952 bits per heavy atom. The number of phenolic OH excluding ortho intramolecular Hbond substituents is 1. The summed E-state index contributed by atoms with van der Waals surface area (Å²) in [5.41, 5.74) is 6.46. The van der Waals surface area contributed by atoms with E-state index in [-0.39, 0.29) is 46.4 Å². The minimum Gasteiger partial charge on any atom is -0.508 e. The highest BCUT2D eigenvalue weighted by atomic mass is 16.8. The molecule has 15 nitrogen and oxygen atoms in total. The molecule has 4 heterocycles. The average Bonchev–Trinajstić information content (AvgIpc) is 3.84. The van der Waals surface area contributed by atoms with Crippen LogP contribution in [0.2, 0.25) is 0 Å². The third-order valence-electron chi connectivity index (χ3n) is 11.1. The Balaban J connectivity index is 1.08. The van der Waals surface area contributed by atoms with E-state index in [4.69, 9.17) is 23.5 Å². The number of hydrogen-bond donors (Lipinski definition) is 5. The Labute approximate surface area is 355 Å². The topological polar surface area (TPSA) is 210 Å². The van der Waals surface area contributed by atoms with Gasteiger partial charge in [0.2, 0.25) is 6.29 Å². The third-order valence-corrected chi connectivity index (χ3v) is 11.1. The number of likely N-dealkylation sites (N-methyl/N-ethyl adjacent to an activating group) is 1. The van der Waals surface area contributed by atoms with Gasteiger partial charge in [-0.05, 0) is 80.9 Å². The highest BCUT2D eigenvalue weighted by Crippen LogP contribution is 2.40. The molecule has 8 rings (SSSR count). The molecule has 0 radical (unpaired) electrons. The quantitative estimate of drug-likeness (QED) is 0.0760. The lowest BCUT2D eigenvalue weighted by Crippen LogP contribution is -2.62. The maximum Gasteiger partial charge on any atom is 0.322 e. The number of aliphatic carboxylic acids is 1. The zero-order chi connectivity index (χ0) is 43.7. The number of hydroxylamine groups is 2. The van der Waals surface area contributed by atoms with Crippen molar-refractivity contribution in [2.24, 2.45) is 10.9 Å². The second kappa shape index (κ2) is 17.8. The average molecular weight is 844 g/mol. The van der Waals surface area contributed by atoms with Crippen molar-refractivity contribution in [3.05, 3.63) is 147 Å². The summed E-state index contributed by atoms with van der Waals surface area (Å²) in [5, 5.41) is 48.0. The first kappa shape index (κ1) is 42.1. The van der Waals surface area contributed by atoms with E-state index in [0.717, 1.165) is 27.8 Å². The standard InChI is InChI=1S/C47H45N3O12/c1-25-17-26(2)19-30(18-25)40-39-29(15-16-49-39)22-50(40)62-44-43(54)42(53)37(24-59-46(57)38(45(55)56)35(48-3)20-27-7-5-4-6-8-27)61-47(44)60-32-13-14-33-36(21-32)58-23-34(41(33)52)28-9-11-31(51)12-10-28/h4-19,21,23,35,37-38,42-44,47-48,51,53-54H,20,22,24H2,1-3H3,(H,55,56). The number of allylic oxidation sites excluding steroid dienone is 1. The van der Waals surface area contributed by atoms with Crippen molar-refractivity contribution in [1.82, 2.24) is 10.4 Å². The molecular formula is C47H45N3O12. The van der Waals surface area contributed by atoms with Crippen molar-refractivity contribution in [2.75, 3.05) is 20.2 Å². The SMILES string of the molecule is CNC(Cc1ccccc1)C(C(=O)O)C(=O)OCC1OC(Oc2ccc3c(=O)c(-c4ccc(O)cc4)coc3c2)C(ON2CC3=CC=NC3=C2c2cc(C)cc(C)c2)C(O)C1O. The minimum absolute atomic E-state index is 0.0491. The molecule has 15 heteroatoms. The summed E-state index contributed by atoms with van der Waals surface area (Å²) in [6, 6.07) is 24.9. The molecule has 7 atom stereocenters. The number of fused-ring (bicyclic) bond motifs is 2. The van der Waals surface area contributed by atoms with Crippen molar-refractivity contribution in [3.8, 4) is 22.6 Å². The van der Waals surface area contributed by atoms with Crippen molar-refractivity contribution in [3.63, 3.8) is 0 Å². The van der Waals surface area contributed by atoms with E-state index < -0.39 is 61.2 Å². The molecule has 3 aliphatic heterocycles. The number of nitrogens with zero attached hydrogens (tertiary/aromatic N) is 2. The van der Waals surface area contributed by atoms with Gasteiger partial charge < -0.3 is 44.4 Å². The summed E-state index contributed by atoms with van der Waals surface area (Å²) in [6.45, 7) is 3.54. The number of hydrogen-bond acceptors (Lipinski definition) is 14. The van der Waals surface area contributed by atoms with E-state index in [1.54, 1.807) is 30.5 Å². The van der Waals surface area contributed by atoms with Crippen molar-refractivity contribution in [1.29, 1.82) is 0 Å². The number of esters is 1. The van der Waals surface area contributed by atoms with E-state index in [9.17, 15) is 34.8 Å². The summed E-state index contributed by atoms with van der Waals surface area (Å²) < 4.78 is 24.0. The van der Waals surface area contributed by atoms with Crippen LogP contribution in [0, 0.1) is 19.8 Å². The minimum atomic E-state index is -1.70. The number of aliphatic imine (C=N–C) groups is 1. The Hall–Kier alpha value is -6.62. The fourth-order valence-electron chi connectivity index (χ4n) is 8.04. The number of aromatic hydroxyl groups is 1. The predicted octanol–water partition coefficient (Wildman–Crippen LogP) is 4.68. The first-order valence-electron chi connectivity index (χ1n) is 20.0. The number of rotatable bonds is 14. The number of carboxylic acids is 1. The van der Waals surface area contributed by atoms with E-state index >= 15 is 0 Å². The fourth-order valence-corrected chi connectivity index (χ4v) is 8.04. The molecule has 1 saturated heterocycles. The predicted molar refractivity (Wildman–Crippen MR) is 227 cm³/mol. The number of phenols is 1. The van der Waals surface area contributed by atoms with Gasteiger partial charge >= 0.3 is 11.9 Å². The summed E-state index contributed by atoms with van der Waals surface area (Å²) in [4.78, 5) is 50.6. The number of aliphatic hydroxyl groups is 2. The van der Waals surface area contributed by atoms with Crippen LogP contribution in [0.25, 0.3) is 27.8 Å². The summed E-state index contributed by atoms with van der Waals surface area (Å²) in [7, 11) is 1.55. The Bertz CT molecular complexity index is 2620. The molecule has 1 fully saturated rings. The van der Waals surface area contributed by atoms with Crippen LogP contribution in [0.15, 0.2) is 129 Å². The summed E-state index contributed by atoms with van der Waals surface area (Å²) in [5.74, 6) is -3.93. The molecule has 0 spiro atoms. The van der Waals surface area contributed by atoms with E-state index in [1.165, 1.54) is 36.6 Å². The molecule has 5 N–H and O–H groups in total. The lowest BCUT2D eigenvalue weighted by atomic mass is 9.93. The number of ether oxygens (including phenoxy) is 3. The van der Waals surface area contributed by atoms with E-state index in [2.05, 4.69) is 10.3 Å². The van der Waals surface area contributed by atoms with E-state index in [0.29, 0.717) is 17.0 Å². The van der Waals surface area contributed by atoms with Crippen LogP contribution in [0.3, 0.4) is 0 Å². The lowest BCUT2D eigenvalue weighted by molar-refractivity contribution is -0.323. The monoisotopic (exact) mass is 843 g/mol. The van der Waals surface area contributed by atoms with Gasteiger partial charge in [-0.25, -0.2) is 5.06 Å². The second-order valence-corrected chi connectivity index (χ2v) is 15.5. The van der Waals surface area contributed by atoms with Gasteiger partial charge in [-0.15, -0.1) is 0 Å². The number of carbonyl (C=O) groups is 2. The second-order valence-electron chi connectivity index (χ2n) is 15.5. The van der Waals surface area contributed by atoms with Crippen LogP contribution < -0.4 is 15.5 Å². The third kappa shape index (κ3) is 8.62. The molecule has 7 unspecified atom stereocenters. The molecule has 320 valence electrons. The molecule has 3 aliphatic rings. The van der Waals surface area contributed by atoms with Crippen molar-refractivity contribution >= 4 is 34.8 Å². The van der Waals surface area contributed by atoms with Crippen LogP contribution in [0.1, 0.15) is 22.3 Å². The van der Waals surface area contributed by atoms with Gasteiger partial charge in [0.25, 0.3) is 0 Å². The first-order valence-corrected chi connectivity index (χ1v) is 20.0. The molecule has 0 aliphatic carbocycles. The van der Waals surface area contributed by atoms with Crippen LogP contribution in [0.5, 0.6) is 11.5 Å². The lowest BCUT2D eigenvalue weighted by Gasteiger charge is -2.43. The van der Waals surface area contributed by atoms with Crippen molar-refractivity contribution in [2.45, 2.75) is 57.0 Å². The summed E-state index contributed by atoms with van der Waals surface area (Å²) >= 11 is 0. The van der Waals surface area contributed by atoms with Gasteiger partial charge in [0, 0.05) is 29.5 Å². The van der Waals surface area contributed by atoms with Gasteiger partial charge in [-0.2, -0.15) is 0 Å². The number of carboxylic acid groups (broad SMARTS) is 1. The highest BCUT2D eigenvalue weighted by molar-refractivity contribution is 5.95. The van der Waals surface area contributed by atoms with Gasteiger partial charge in [-0.1, -0.05) is 59.7 Å². The van der Waals surface area contributed by atoms with Crippen LogP contribution in [-0.2, 0) is 30.3 Å². The molecule has 0 bridgehead atoms. The summed E-state index contributed by atoms with van der Waals surface area (Å²) in [6.07, 6.45) is -2.64. The zero-order valence-corrected chi connectivity index (χ0v) is 34.0. The molecule has 0 amide bonds. The number of aryl methyl sites for hydroxylation is 2. The van der Waals surface area contributed by atoms with E-state index in [1.807, 2.05) is 68.5 Å². The molecule has 5 aromatic rings. The largest absolute Gasteiger partial charge is 0.508 e. The van der Waals surface area contributed by atoms with Crippen molar-refractivity contribution < 1.29 is 53.5 Å². The number of carbonyl (C=O) groups excluding carboxylic acids is 1. The Morgan fingerprint density at radius 3 is 2.40 bits per heavy atom. The van der Waals surface area contributed by atoms with Gasteiger partial charge in [0.05, 0.1) is 28.9 Å². The van der Waals surface area contributed by atoms with Crippen LogP contribution in [0.4, 0.5) is 0 Å². The van der Waals surface area contributed by atoms with Gasteiger partial charge in [0.1, 0.15) is 48.3 Å². The Morgan fingerprint density at radius 2 is 1.69 bits per heavy atom. The molecule has 62 heavy (non-hydrogen) atoms. The van der Waals surface area contributed by atoms with Crippen LogP contribution >= 0.6 is 0 Å². The Kier molecular flexibility index (Phi) is 12.1. The molecule has 1 aromatic heterocycles. The maximum atomic E-state index is 13.5. The number of nitrogens with one attached hydrogen (secondary N) is 1. The highest BCUT2D eigenvalue weighted by Gasteiger charge is 2.50. The first-order chi connectivity index (χ1) is 29.9. The fraction of sp³-hybridized carbons (Fsp3) is 0.277. The molecular weight excluding hydrogens is 799 g/mol. The maximum absolute atomic E-state index is 13.5. The molecule has 4 aromatic carbocycles. The number of aliphatic hydroxyl groups excluding tert-OH is 2. The smallest absolute Gasteiger partial charge is 0.322 e.